The first-order valence-corrected chi connectivity index (χ1v) is 10.4. The topological polar surface area (TPSA) is 59.2 Å². The third-order valence-corrected chi connectivity index (χ3v) is 5.33. The highest BCUT2D eigenvalue weighted by atomic mass is 16.5. The van der Waals surface area contributed by atoms with Crippen molar-refractivity contribution in [3.05, 3.63) is 103 Å². The Morgan fingerprint density at radius 2 is 1.69 bits per heavy atom. The molecule has 0 radical (unpaired) electrons. The molecule has 5 aromatic rings. The summed E-state index contributed by atoms with van der Waals surface area (Å²) in [5.41, 5.74) is 6.01. The zero-order chi connectivity index (χ0) is 21.8. The quantitative estimate of drug-likeness (QED) is 0.312. The van der Waals surface area contributed by atoms with E-state index in [9.17, 15) is 0 Å². The van der Waals surface area contributed by atoms with Gasteiger partial charge in [-0.25, -0.2) is 4.98 Å². The van der Waals surface area contributed by atoms with Crippen LogP contribution in [0.4, 0.5) is 11.4 Å². The average molecular weight is 422 g/mol. The first-order chi connectivity index (χ1) is 15.8. The maximum Gasteiger partial charge on any atom is 0.221 e. The van der Waals surface area contributed by atoms with E-state index in [0.717, 1.165) is 44.7 Å². The SMILES string of the molecule is COc1ccc(Nc2cnc(OCc3ccccc3)c(-c3cccc4[nH]ccc34)c2)cc1. The van der Waals surface area contributed by atoms with Gasteiger partial charge in [-0.2, -0.15) is 0 Å². The predicted molar refractivity (Wildman–Crippen MR) is 129 cm³/mol. The molecular weight excluding hydrogens is 398 g/mol. The summed E-state index contributed by atoms with van der Waals surface area (Å²) in [5, 5.41) is 4.55. The van der Waals surface area contributed by atoms with Gasteiger partial charge in [-0.15, -0.1) is 0 Å². The zero-order valence-corrected chi connectivity index (χ0v) is 17.7. The van der Waals surface area contributed by atoms with Crippen molar-refractivity contribution >= 4 is 22.3 Å². The number of hydrogen-bond donors (Lipinski definition) is 2. The fourth-order valence-electron chi connectivity index (χ4n) is 3.72. The number of ether oxygens (including phenoxy) is 2. The molecule has 0 saturated carbocycles. The van der Waals surface area contributed by atoms with Crippen molar-refractivity contribution in [2.45, 2.75) is 6.61 Å². The minimum Gasteiger partial charge on any atom is -0.497 e. The largest absolute Gasteiger partial charge is 0.497 e. The van der Waals surface area contributed by atoms with Crippen LogP contribution in [-0.2, 0) is 6.61 Å². The molecule has 0 bridgehead atoms. The minimum absolute atomic E-state index is 0.454. The molecular formula is C27H23N3O2. The molecule has 0 atom stereocenters. The van der Waals surface area contributed by atoms with E-state index in [-0.39, 0.29) is 0 Å². The first kappa shape index (κ1) is 19.7. The monoisotopic (exact) mass is 421 g/mol. The molecule has 3 aromatic carbocycles. The smallest absolute Gasteiger partial charge is 0.221 e. The number of nitrogens with one attached hydrogen (secondary N) is 2. The number of aromatic amines is 1. The molecule has 2 N–H and O–H groups in total. The summed E-state index contributed by atoms with van der Waals surface area (Å²) in [7, 11) is 1.66. The number of fused-ring (bicyclic) bond motifs is 1. The van der Waals surface area contributed by atoms with Gasteiger partial charge >= 0.3 is 0 Å². The Labute approximate surface area is 186 Å². The third-order valence-electron chi connectivity index (χ3n) is 5.33. The van der Waals surface area contributed by atoms with Crippen LogP contribution in [0.3, 0.4) is 0 Å². The van der Waals surface area contributed by atoms with Crippen molar-refractivity contribution in [2.24, 2.45) is 0 Å². The van der Waals surface area contributed by atoms with Crippen LogP contribution in [0.1, 0.15) is 5.56 Å². The highest BCUT2D eigenvalue weighted by molar-refractivity contribution is 5.96. The van der Waals surface area contributed by atoms with E-state index in [0.29, 0.717) is 12.5 Å². The van der Waals surface area contributed by atoms with Crippen molar-refractivity contribution in [1.82, 2.24) is 9.97 Å². The van der Waals surface area contributed by atoms with Crippen LogP contribution in [-0.4, -0.2) is 17.1 Å². The molecule has 0 aliphatic heterocycles. The van der Waals surface area contributed by atoms with Gasteiger partial charge in [0.05, 0.1) is 19.0 Å². The normalized spacial score (nSPS) is 10.8. The van der Waals surface area contributed by atoms with Gasteiger partial charge < -0.3 is 19.8 Å². The average Bonchev–Trinajstić information content (AvgIpc) is 3.33. The Bertz CT molecular complexity index is 1330. The Hall–Kier alpha value is -4.25. The summed E-state index contributed by atoms with van der Waals surface area (Å²) in [6, 6.07) is 28.3. The van der Waals surface area contributed by atoms with E-state index in [1.54, 1.807) is 13.3 Å². The van der Waals surface area contributed by atoms with Crippen molar-refractivity contribution in [3.8, 4) is 22.8 Å². The van der Waals surface area contributed by atoms with E-state index in [1.807, 2.05) is 66.9 Å². The number of benzene rings is 3. The lowest BCUT2D eigenvalue weighted by molar-refractivity contribution is 0.295. The Morgan fingerprint density at radius 1 is 0.844 bits per heavy atom. The highest BCUT2D eigenvalue weighted by Crippen LogP contribution is 2.36. The molecule has 0 spiro atoms. The van der Waals surface area contributed by atoms with Crippen LogP contribution in [0, 0.1) is 0 Å². The van der Waals surface area contributed by atoms with Gasteiger partial charge in [0.25, 0.3) is 0 Å². The molecule has 0 aliphatic carbocycles. The molecule has 2 heterocycles. The second kappa shape index (κ2) is 8.86. The van der Waals surface area contributed by atoms with Crippen LogP contribution < -0.4 is 14.8 Å². The molecule has 158 valence electrons. The maximum absolute atomic E-state index is 6.17. The summed E-state index contributed by atoms with van der Waals surface area (Å²) in [6.07, 6.45) is 3.75. The van der Waals surface area contributed by atoms with Gasteiger partial charge in [-0.1, -0.05) is 42.5 Å². The molecule has 32 heavy (non-hydrogen) atoms. The zero-order valence-electron chi connectivity index (χ0n) is 17.7. The number of anilines is 2. The van der Waals surface area contributed by atoms with E-state index in [4.69, 9.17) is 9.47 Å². The van der Waals surface area contributed by atoms with E-state index in [2.05, 4.69) is 39.6 Å². The Balaban J connectivity index is 1.51. The minimum atomic E-state index is 0.454. The van der Waals surface area contributed by atoms with Crippen molar-refractivity contribution in [1.29, 1.82) is 0 Å². The number of nitrogens with zero attached hydrogens (tertiary/aromatic N) is 1. The summed E-state index contributed by atoms with van der Waals surface area (Å²) < 4.78 is 11.4. The van der Waals surface area contributed by atoms with Crippen molar-refractivity contribution < 1.29 is 9.47 Å². The fourth-order valence-corrected chi connectivity index (χ4v) is 3.72. The van der Waals surface area contributed by atoms with Crippen LogP contribution >= 0.6 is 0 Å². The van der Waals surface area contributed by atoms with Gasteiger partial charge in [0.1, 0.15) is 12.4 Å². The van der Waals surface area contributed by atoms with E-state index < -0.39 is 0 Å². The van der Waals surface area contributed by atoms with Crippen LogP contribution in [0.15, 0.2) is 97.3 Å². The van der Waals surface area contributed by atoms with E-state index >= 15 is 0 Å². The number of methoxy groups -OCH3 is 1. The standard InChI is InChI=1S/C27H23N3O2/c1-31-22-12-10-20(11-13-22)30-21-16-25(23-8-5-9-26-24(23)14-15-28-26)27(29-17-21)32-18-19-6-3-2-4-7-19/h2-17,28,30H,18H2,1H3. The van der Waals surface area contributed by atoms with Crippen LogP contribution in [0.5, 0.6) is 11.6 Å². The summed E-state index contributed by atoms with van der Waals surface area (Å²) in [5.74, 6) is 1.42. The molecule has 0 saturated heterocycles. The van der Waals surface area contributed by atoms with Crippen LogP contribution in [0.2, 0.25) is 0 Å². The molecule has 2 aromatic heterocycles. The molecule has 0 fully saturated rings. The Kier molecular flexibility index (Phi) is 5.45. The fraction of sp³-hybridized carbons (Fsp3) is 0.0741. The van der Waals surface area contributed by atoms with E-state index in [1.165, 1.54) is 0 Å². The predicted octanol–water partition coefficient (Wildman–Crippen LogP) is 6.56. The molecule has 5 heteroatoms. The highest BCUT2D eigenvalue weighted by Gasteiger charge is 2.14. The lowest BCUT2D eigenvalue weighted by Gasteiger charge is -2.14. The number of rotatable bonds is 7. The second-order valence-corrected chi connectivity index (χ2v) is 7.45. The first-order valence-electron chi connectivity index (χ1n) is 10.4. The lowest BCUT2D eigenvalue weighted by Crippen LogP contribution is -2.01. The van der Waals surface area contributed by atoms with Crippen LogP contribution in [0.25, 0.3) is 22.0 Å². The van der Waals surface area contributed by atoms with Crippen molar-refractivity contribution in [2.75, 3.05) is 12.4 Å². The van der Waals surface area contributed by atoms with Gasteiger partial charge in [-0.05, 0) is 53.6 Å². The van der Waals surface area contributed by atoms with Gasteiger partial charge in [0.15, 0.2) is 0 Å². The molecule has 5 nitrogen and oxygen atoms in total. The maximum atomic E-state index is 6.17. The molecule has 0 unspecified atom stereocenters. The lowest BCUT2D eigenvalue weighted by atomic mass is 10.0. The number of hydrogen-bond acceptors (Lipinski definition) is 4. The Morgan fingerprint density at radius 3 is 2.50 bits per heavy atom. The molecule has 0 aliphatic rings. The molecule has 0 amide bonds. The van der Waals surface area contributed by atoms with Gasteiger partial charge in [0.2, 0.25) is 5.88 Å². The summed E-state index contributed by atoms with van der Waals surface area (Å²) >= 11 is 0. The van der Waals surface area contributed by atoms with Gasteiger partial charge in [-0.3, -0.25) is 0 Å². The second-order valence-electron chi connectivity index (χ2n) is 7.45. The summed E-state index contributed by atoms with van der Waals surface area (Å²) in [4.78, 5) is 7.96. The third kappa shape index (κ3) is 4.14. The number of pyridine rings is 1. The number of aromatic nitrogens is 2. The van der Waals surface area contributed by atoms with Gasteiger partial charge in [0, 0.05) is 28.4 Å². The van der Waals surface area contributed by atoms with Crippen molar-refractivity contribution in [3.63, 3.8) is 0 Å². The number of H-pyrrole nitrogens is 1. The summed E-state index contributed by atoms with van der Waals surface area (Å²) in [6.45, 7) is 0.454. The molecule has 5 rings (SSSR count).